The molecule has 0 aliphatic carbocycles. The summed E-state index contributed by atoms with van der Waals surface area (Å²) in [6, 6.07) is 9.24. The highest BCUT2D eigenvalue weighted by Crippen LogP contribution is 2.33. The normalized spacial score (nSPS) is 14.1. The molecule has 1 aliphatic heterocycles. The lowest BCUT2D eigenvalue weighted by Crippen LogP contribution is -2.21. The van der Waals surface area contributed by atoms with Crippen molar-refractivity contribution >= 4 is 28.3 Å². The van der Waals surface area contributed by atoms with E-state index in [-0.39, 0.29) is 17.4 Å². The van der Waals surface area contributed by atoms with E-state index in [2.05, 4.69) is 10.2 Å². The Balaban J connectivity index is 1.80. The van der Waals surface area contributed by atoms with Crippen molar-refractivity contribution in [3.8, 4) is 0 Å². The van der Waals surface area contributed by atoms with Crippen LogP contribution in [-0.4, -0.2) is 28.1 Å². The van der Waals surface area contributed by atoms with Gasteiger partial charge in [0.15, 0.2) is 0 Å². The fourth-order valence-corrected chi connectivity index (χ4v) is 3.65. The molecule has 27 heavy (non-hydrogen) atoms. The molecule has 0 atom stereocenters. The number of nitrogens with one attached hydrogen (secondary N) is 1. The van der Waals surface area contributed by atoms with Crippen LogP contribution in [0.1, 0.15) is 23.2 Å². The summed E-state index contributed by atoms with van der Waals surface area (Å²) in [5.74, 6) is -0.694. The van der Waals surface area contributed by atoms with Gasteiger partial charge in [0.05, 0.1) is 22.4 Å². The number of carbonyl (C=O) groups excluding carboxylic acids is 1. The number of halogens is 1. The summed E-state index contributed by atoms with van der Waals surface area (Å²) in [5.41, 5.74) is 3.39. The standard InChI is InChI=1S/C20H21FN4O2/c1-23-17-11-15(22-19(26)13-5-7-14(21)8-6-13)16(25-9-3-4-10-25)12-18(17)24(2)20(23)27/h5-8,11-12H,3-4,9-10H2,1-2H3,(H,22,26). The van der Waals surface area contributed by atoms with E-state index in [1.54, 1.807) is 23.2 Å². The molecule has 3 aromatic rings. The summed E-state index contributed by atoms with van der Waals surface area (Å²) in [6.45, 7) is 1.82. The Kier molecular flexibility index (Phi) is 4.22. The number of imidazole rings is 1. The van der Waals surface area contributed by atoms with E-state index < -0.39 is 0 Å². The molecule has 1 amide bonds. The first-order chi connectivity index (χ1) is 13.0. The fourth-order valence-electron chi connectivity index (χ4n) is 3.65. The first-order valence-electron chi connectivity index (χ1n) is 8.97. The number of carbonyl (C=O) groups is 1. The SMILES string of the molecule is Cn1c(=O)n(C)c2cc(N3CCCC3)c(NC(=O)c3ccc(F)cc3)cc21. The van der Waals surface area contributed by atoms with Crippen LogP contribution in [0.2, 0.25) is 0 Å². The highest BCUT2D eigenvalue weighted by Gasteiger charge is 2.21. The van der Waals surface area contributed by atoms with Crippen LogP contribution in [0.3, 0.4) is 0 Å². The maximum Gasteiger partial charge on any atom is 0.328 e. The van der Waals surface area contributed by atoms with E-state index in [4.69, 9.17) is 0 Å². The largest absolute Gasteiger partial charge is 0.370 e. The molecule has 0 saturated carbocycles. The number of hydrogen-bond acceptors (Lipinski definition) is 3. The van der Waals surface area contributed by atoms with Crippen LogP contribution >= 0.6 is 0 Å². The lowest BCUT2D eigenvalue weighted by atomic mass is 10.1. The van der Waals surface area contributed by atoms with Crippen molar-refractivity contribution in [2.75, 3.05) is 23.3 Å². The molecule has 0 unspecified atom stereocenters. The molecule has 2 aromatic carbocycles. The Morgan fingerprint density at radius 2 is 1.59 bits per heavy atom. The summed E-state index contributed by atoms with van der Waals surface area (Å²) < 4.78 is 16.3. The molecule has 2 heterocycles. The number of rotatable bonds is 3. The number of anilines is 2. The Bertz CT molecular complexity index is 1080. The molecule has 1 N–H and O–H groups in total. The van der Waals surface area contributed by atoms with Gasteiger partial charge in [-0.2, -0.15) is 0 Å². The maximum atomic E-state index is 13.1. The number of aromatic nitrogens is 2. The Labute approximate surface area is 155 Å². The molecule has 0 spiro atoms. The molecule has 1 aliphatic rings. The zero-order chi connectivity index (χ0) is 19.1. The minimum absolute atomic E-state index is 0.112. The van der Waals surface area contributed by atoms with E-state index >= 15 is 0 Å². The smallest absolute Gasteiger partial charge is 0.328 e. The van der Waals surface area contributed by atoms with Gasteiger partial charge in [-0.1, -0.05) is 0 Å². The third kappa shape index (κ3) is 2.99. The maximum absolute atomic E-state index is 13.1. The summed E-state index contributed by atoms with van der Waals surface area (Å²) in [4.78, 5) is 27.2. The third-order valence-corrected chi connectivity index (χ3v) is 5.19. The van der Waals surface area contributed by atoms with Crippen LogP contribution in [0, 0.1) is 5.82 Å². The summed E-state index contributed by atoms with van der Waals surface area (Å²) in [6.07, 6.45) is 2.19. The predicted octanol–water partition coefficient (Wildman–Crippen LogP) is 2.87. The van der Waals surface area contributed by atoms with Crippen molar-refractivity contribution < 1.29 is 9.18 Å². The van der Waals surface area contributed by atoms with Crippen LogP contribution in [0.25, 0.3) is 11.0 Å². The van der Waals surface area contributed by atoms with Crippen LogP contribution in [0.4, 0.5) is 15.8 Å². The van der Waals surface area contributed by atoms with Gasteiger partial charge >= 0.3 is 5.69 Å². The first kappa shape index (κ1) is 17.3. The highest BCUT2D eigenvalue weighted by atomic mass is 19.1. The monoisotopic (exact) mass is 368 g/mol. The van der Waals surface area contributed by atoms with Crippen molar-refractivity contribution in [2.45, 2.75) is 12.8 Å². The number of aryl methyl sites for hydroxylation is 2. The first-order valence-corrected chi connectivity index (χ1v) is 8.97. The topological polar surface area (TPSA) is 59.3 Å². The van der Waals surface area contributed by atoms with Gasteiger partial charge in [-0.3, -0.25) is 13.9 Å². The molecule has 1 saturated heterocycles. The molecule has 0 radical (unpaired) electrons. The molecule has 4 rings (SSSR count). The summed E-state index contributed by atoms with van der Waals surface area (Å²) >= 11 is 0. The number of hydrogen-bond donors (Lipinski definition) is 1. The predicted molar refractivity (Wildman–Crippen MR) is 104 cm³/mol. The average molecular weight is 368 g/mol. The van der Waals surface area contributed by atoms with E-state index in [0.717, 1.165) is 42.7 Å². The van der Waals surface area contributed by atoms with Crippen molar-refractivity contribution in [1.29, 1.82) is 0 Å². The Hall–Kier alpha value is -3.09. The van der Waals surface area contributed by atoms with Gasteiger partial charge in [0.1, 0.15) is 5.82 Å². The molecule has 7 heteroatoms. The number of amides is 1. The van der Waals surface area contributed by atoms with Crippen molar-refractivity contribution in [2.24, 2.45) is 14.1 Å². The van der Waals surface area contributed by atoms with Crippen LogP contribution in [0.5, 0.6) is 0 Å². The minimum atomic E-state index is -0.384. The highest BCUT2D eigenvalue weighted by molar-refractivity contribution is 6.07. The average Bonchev–Trinajstić information content (AvgIpc) is 3.26. The molecule has 6 nitrogen and oxygen atoms in total. The fraction of sp³-hybridized carbons (Fsp3) is 0.300. The van der Waals surface area contributed by atoms with E-state index in [9.17, 15) is 14.0 Å². The van der Waals surface area contributed by atoms with Crippen LogP contribution < -0.4 is 15.9 Å². The van der Waals surface area contributed by atoms with Crippen molar-refractivity contribution in [3.63, 3.8) is 0 Å². The summed E-state index contributed by atoms with van der Waals surface area (Å²) in [7, 11) is 3.46. The molecular weight excluding hydrogens is 347 g/mol. The van der Waals surface area contributed by atoms with E-state index in [1.807, 2.05) is 12.1 Å². The second-order valence-electron chi connectivity index (χ2n) is 6.91. The van der Waals surface area contributed by atoms with Crippen LogP contribution in [0.15, 0.2) is 41.2 Å². The van der Waals surface area contributed by atoms with Crippen molar-refractivity contribution in [3.05, 3.63) is 58.3 Å². The van der Waals surface area contributed by atoms with Gasteiger partial charge in [-0.15, -0.1) is 0 Å². The van der Waals surface area contributed by atoms with E-state index in [1.165, 1.54) is 24.3 Å². The van der Waals surface area contributed by atoms with Gasteiger partial charge in [0.25, 0.3) is 5.91 Å². The second-order valence-corrected chi connectivity index (χ2v) is 6.91. The lowest BCUT2D eigenvalue weighted by Gasteiger charge is -2.22. The third-order valence-electron chi connectivity index (χ3n) is 5.19. The van der Waals surface area contributed by atoms with Gasteiger partial charge in [-0.05, 0) is 49.2 Å². The van der Waals surface area contributed by atoms with Gasteiger partial charge in [-0.25, -0.2) is 9.18 Å². The minimum Gasteiger partial charge on any atom is -0.370 e. The van der Waals surface area contributed by atoms with E-state index in [0.29, 0.717) is 11.3 Å². The number of fused-ring (bicyclic) bond motifs is 1. The Morgan fingerprint density at radius 1 is 1.00 bits per heavy atom. The van der Waals surface area contributed by atoms with Crippen molar-refractivity contribution in [1.82, 2.24) is 9.13 Å². The molecule has 1 fully saturated rings. The quantitative estimate of drug-likeness (QED) is 0.773. The Morgan fingerprint density at radius 3 is 2.22 bits per heavy atom. The molecule has 0 bridgehead atoms. The zero-order valence-corrected chi connectivity index (χ0v) is 15.3. The van der Waals surface area contributed by atoms with Crippen LogP contribution in [-0.2, 0) is 14.1 Å². The number of nitrogens with zero attached hydrogens (tertiary/aromatic N) is 3. The summed E-state index contributed by atoms with van der Waals surface area (Å²) in [5, 5.41) is 2.94. The second kappa shape index (κ2) is 6.57. The molecular formula is C20H21FN4O2. The molecule has 140 valence electrons. The van der Waals surface area contributed by atoms with Gasteiger partial charge in [0, 0.05) is 32.7 Å². The zero-order valence-electron chi connectivity index (χ0n) is 15.3. The molecule has 1 aromatic heterocycles. The van der Waals surface area contributed by atoms with Gasteiger partial charge in [0.2, 0.25) is 0 Å². The lowest BCUT2D eigenvalue weighted by molar-refractivity contribution is 0.102. The number of benzene rings is 2. The van der Waals surface area contributed by atoms with Gasteiger partial charge < -0.3 is 10.2 Å².